The molecule has 6 nitrogen and oxygen atoms in total. The lowest BCUT2D eigenvalue weighted by Gasteiger charge is -2.38. The number of anilines is 1. The second-order valence-electron chi connectivity index (χ2n) is 7.40. The van der Waals surface area contributed by atoms with Gasteiger partial charge in [0.05, 0.1) is 13.2 Å². The molecule has 0 radical (unpaired) electrons. The molecule has 4 rings (SSSR count). The minimum absolute atomic E-state index is 0.284. The first kappa shape index (κ1) is 17.8. The minimum Gasteiger partial charge on any atom is -0.368 e. The maximum Gasteiger partial charge on any atom is 0.223 e. The summed E-state index contributed by atoms with van der Waals surface area (Å²) in [6.07, 6.45) is 2.44. The normalized spacial score (nSPS) is 23.5. The van der Waals surface area contributed by atoms with Crippen LogP contribution in [0.25, 0.3) is 0 Å². The van der Waals surface area contributed by atoms with Crippen molar-refractivity contribution in [2.75, 3.05) is 63.9 Å². The lowest BCUT2D eigenvalue weighted by molar-refractivity contribution is -0.185. The van der Waals surface area contributed by atoms with Crippen molar-refractivity contribution in [2.24, 2.45) is 0 Å². The van der Waals surface area contributed by atoms with Crippen LogP contribution >= 0.6 is 0 Å². The van der Waals surface area contributed by atoms with E-state index in [0.717, 1.165) is 58.7 Å². The average molecular weight is 359 g/mol. The Morgan fingerprint density at radius 3 is 2.23 bits per heavy atom. The number of likely N-dealkylation sites (tertiary alicyclic amines) is 1. The van der Waals surface area contributed by atoms with Gasteiger partial charge in [0.1, 0.15) is 0 Å². The average Bonchev–Trinajstić information content (AvgIpc) is 3.16. The van der Waals surface area contributed by atoms with Crippen LogP contribution in [-0.4, -0.2) is 80.5 Å². The van der Waals surface area contributed by atoms with Gasteiger partial charge in [-0.3, -0.25) is 4.79 Å². The third-order valence-electron chi connectivity index (χ3n) is 5.83. The zero-order valence-electron chi connectivity index (χ0n) is 15.4. The fourth-order valence-electron chi connectivity index (χ4n) is 4.17. The molecule has 1 aromatic rings. The highest BCUT2D eigenvalue weighted by Crippen LogP contribution is 2.31. The smallest absolute Gasteiger partial charge is 0.223 e. The molecule has 0 unspecified atom stereocenters. The van der Waals surface area contributed by atoms with Crippen LogP contribution in [0.1, 0.15) is 19.3 Å². The molecule has 1 spiro atoms. The lowest BCUT2D eigenvalue weighted by atomic mass is 10.0. The zero-order chi connectivity index (χ0) is 17.8. The van der Waals surface area contributed by atoms with Crippen LogP contribution < -0.4 is 4.90 Å². The molecule has 3 saturated heterocycles. The van der Waals surface area contributed by atoms with Gasteiger partial charge in [-0.15, -0.1) is 0 Å². The third-order valence-corrected chi connectivity index (χ3v) is 5.83. The molecule has 0 aliphatic carbocycles. The summed E-state index contributed by atoms with van der Waals surface area (Å²) in [4.78, 5) is 19.3. The van der Waals surface area contributed by atoms with Crippen LogP contribution in [0.2, 0.25) is 0 Å². The number of para-hydroxylation sites is 1. The molecular weight excluding hydrogens is 330 g/mol. The number of benzene rings is 1. The maximum atomic E-state index is 12.6. The molecule has 0 aromatic heterocycles. The third kappa shape index (κ3) is 4.03. The summed E-state index contributed by atoms with van der Waals surface area (Å²) >= 11 is 0. The molecule has 3 heterocycles. The van der Waals surface area contributed by atoms with Crippen LogP contribution in [-0.2, 0) is 14.3 Å². The van der Waals surface area contributed by atoms with Crippen molar-refractivity contribution >= 4 is 11.6 Å². The predicted octanol–water partition coefficient (Wildman–Crippen LogP) is 1.56. The number of carbonyl (C=O) groups excluding carboxylic acids is 1. The molecule has 6 heteroatoms. The van der Waals surface area contributed by atoms with E-state index in [-0.39, 0.29) is 11.7 Å². The molecule has 3 aliphatic rings. The molecule has 0 saturated carbocycles. The second-order valence-corrected chi connectivity index (χ2v) is 7.40. The number of piperidine rings is 1. The summed E-state index contributed by atoms with van der Waals surface area (Å²) in [6, 6.07) is 10.4. The number of nitrogens with zero attached hydrogens (tertiary/aromatic N) is 3. The van der Waals surface area contributed by atoms with Crippen molar-refractivity contribution in [1.29, 1.82) is 0 Å². The number of rotatable bonds is 4. The van der Waals surface area contributed by atoms with Gasteiger partial charge in [-0.1, -0.05) is 18.2 Å². The first-order valence-electron chi connectivity index (χ1n) is 9.82. The summed E-state index contributed by atoms with van der Waals surface area (Å²) in [7, 11) is 0. The van der Waals surface area contributed by atoms with E-state index in [1.54, 1.807) is 0 Å². The van der Waals surface area contributed by atoms with Gasteiger partial charge in [0.25, 0.3) is 0 Å². The molecule has 3 fully saturated rings. The Morgan fingerprint density at radius 1 is 0.923 bits per heavy atom. The van der Waals surface area contributed by atoms with Crippen LogP contribution in [0.15, 0.2) is 30.3 Å². The molecule has 3 aliphatic heterocycles. The minimum atomic E-state index is -0.325. The van der Waals surface area contributed by atoms with E-state index < -0.39 is 0 Å². The van der Waals surface area contributed by atoms with E-state index in [9.17, 15) is 4.79 Å². The molecule has 26 heavy (non-hydrogen) atoms. The van der Waals surface area contributed by atoms with Gasteiger partial charge in [-0.2, -0.15) is 0 Å². The fourth-order valence-corrected chi connectivity index (χ4v) is 4.17. The maximum absolute atomic E-state index is 12.6. The first-order chi connectivity index (χ1) is 12.7. The number of piperazine rings is 1. The van der Waals surface area contributed by atoms with Crippen LogP contribution in [0, 0.1) is 0 Å². The van der Waals surface area contributed by atoms with E-state index in [4.69, 9.17) is 9.47 Å². The van der Waals surface area contributed by atoms with Gasteiger partial charge in [0.2, 0.25) is 5.91 Å². The summed E-state index contributed by atoms with van der Waals surface area (Å²) in [5.41, 5.74) is 1.25. The van der Waals surface area contributed by atoms with E-state index in [2.05, 4.69) is 34.1 Å². The van der Waals surface area contributed by atoms with Crippen molar-refractivity contribution in [2.45, 2.75) is 25.0 Å². The molecule has 0 N–H and O–H groups in total. The Kier molecular flexibility index (Phi) is 5.43. The highest BCUT2D eigenvalue weighted by molar-refractivity contribution is 5.76. The Balaban J connectivity index is 1.18. The Hall–Kier alpha value is -1.63. The first-order valence-corrected chi connectivity index (χ1v) is 9.82. The predicted molar refractivity (Wildman–Crippen MR) is 100 cm³/mol. The molecule has 1 amide bonds. The summed E-state index contributed by atoms with van der Waals surface area (Å²) < 4.78 is 11.5. The quantitative estimate of drug-likeness (QED) is 0.817. The molecule has 0 atom stereocenters. The number of hydrogen-bond donors (Lipinski definition) is 0. The zero-order valence-corrected chi connectivity index (χ0v) is 15.4. The van der Waals surface area contributed by atoms with E-state index >= 15 is 0 Å². The van der Waals surface area contributed by atoms with Gasteiger partial charge in [-0.25, -0.2) is 0 Å². The standard InChI is InChI=1S/C20H29N3O3/c24-19(6-9-21-10-7-20(8-11-21)25-16-17-26-20)23-14-12-22(13-15-23)18-4-2-1-3-5-18/h1-5H,6-17H2. The summed E-state index contributed by atoms with van der Waals surface area (Å²) in [6.45, 7) is 7.64. The fraction of sp³-hybridized carbons (Fsp3) is 0.650. The van der Waals surface area contributed by atoms with Gasteiger partial charge >= 0.3 is 0 Å². The Labute approximate surface area is 155 Å². The number of amides is 1. The Bertz CT molecular complexity index is 586. The van der Waals surface area contributed by atoms with Gasteiger partial charge < -0.3 is 24.2 Å². The molecule has 1 aromatic carbocycles. The molecular formula is C20H29N3O3. The Morgan fingerprint density at radius 2 is 1.58 bits per heavy atom. The summed E-state index contributed by atoms with van der Waals surface area (Å²) in [5.74, 6) is -0.0415. The van der Waals surface area contributed by atoms with Crippen molar-refractivity contribution in [1.82, 2.24) is 9.80 Å². The van der Waals surface area contributed by atoms with Crippen molar-refractivity contribution in [3.8, 4) is 0 Å². The van der Waals surface area contributed by atoms with Crippen molar-refractivity contribution in [3.05, 3.63) is 30.3 Å². The number of carbonyl (C=O) groups is 1. The van der Waals surface area contributed by atoms with Crippen LogP contribution in [0.4, 0.5) is 5.69 Å². The SMILES string of the molecule is O=C(CCN1CCC2(CC1)OCCO2)N1CCN(c2ccccc2)CC1. The van der Waals surface area contributed by atoms with Gasteiger partial charge in [0.15, 0.2) is 5.79 Å². The molecule has 142 valence electrons. The number of ether oxygens (including phenoxy) is 2. The van der Waals surface area contributed by atoms with E-state index in [1.807, 2.05) is 11.0 Å². The largest absolute Gasteiger partial charge is 0.368 e. The number of hydrogen-bond acceptors (Lipinski definition) is 5. The van der Waals surface area contributed by atoms with Crippen LogP contribution in [0.5, 0.6) is 0 Å². The highest BCUT2D eigenvalue weighted by Gasteiger charge is 2.39. The van der Waals surface area contributed by atoms with Gasteiger partial charge in [-0.05, 0) is 12.1 Å². The lowest BCUT2D eigenvalue weighted by Crippen LogP contribution is -2.50. The van der Waals surface area contributed by atoms with Crippen LogP contribution in [0.3, 0.4) is 0 Å². The monoisotopic (exact) mass is 359 g/mol. The summed E-state index contributed by atoms with van der Waals surface area (Å²) in [5, 5.41) is 0. The highest BCUT2D eigenvalue weighted by atomic mass is 16.7. The van der Waals surface area contributed by atoms with Gasteiger partial charge in [0, 0.05) is 70.8 Å². The molecule has 0 bridgehead atoms. The van der Waals surface area contributed by atoms with Crippen molar-refractivity contribution < 1.29 is 14.3 Å². The topological polar surface area (TPSA) is 45.3 Å². The van der Waals surface area contributed by atoms with E-state index in [1.165, 1.54) is 5.69 Å². The second kappa shape index (κ2) is 7.94. The van der Waals surface area contributed by atoms with Crippen molar-refractivity contribution in [3.63, 3.8) is 0 Å². The van der Waals surface area contributed by atoms with E-state index in [0.29, 0.717) is 19.6 Å².